The first-order chi connectivity index (χ1) is 11.5. The normalized spacial score (nSPS) is 18.9. The summed E-state index contributed by atoms with van der Waals surface area (Å²) in [5.41, 5.74) is 0.705. The highest BCUT2D eigenvalue weighted by molar-refractivity contribution is 7.90. The number of carbonyl (C=O) groups is 1. The smallest absolute Gasteiger partial charge is 0.269 e. The van der Waals surface area contributed by atoms with Crippen molar-refractivity contribution in [3.63, 3.8) is 0 Å². The van der Waals surface area contributed by atoms with Crippen molar-refractivity contribution in [2.75, 3.05) is 24.9 Å². The average Bonchev–Trinajstić information content (AvgIpc) is 2.84. The van der Waals surface area contributed by atoms with E-state index in [-0.39, 0.29) is 11.8 Å². The van der Waals surface area contributed by atoms with E-state index in [1.54, 1.807) is 49.5 Å². The predicted octanol–water partition coefficient (Wildman–Crippen LogP) is 2.93. The van der Waals surface area contributed by atoms with Crippen molar-refractivity contribution in [1.29, 1.82) is 0 Å². The van der Waals surface area contributed by atoms with Crippen molar-refractivity contribution in [2.24, 2.45) is 0 Å². The summed E-state index contributed by atoms with van der Waals surface area (Å²) in [7, 11) is 2.29. The van der Waals surface area contributed by atoms with Crippen LogP contribution in [-0.2, 0) is 15.6 Å². The van der Waals surface area contributed by atoms with E-state index >= 15 is 0 Å². The van der Waals surface area contributed by atoms with Crippen LogP contribution in [0.1, 0.15) is 0 Å². The number of anilines is 1. The molecule has 0 aliphatic carbocycles. The maximum atomic E-state index is 12.4. The predicted molar refractivity (Wildman–Crippen MR) is 95.2 cm³/mol. The summed E-state index contributed by atoms with van der Waals surface area (Å²) in [4.78, 5) is 16.0. The number of hydrogen-bond donors (Lipinski definition) is 0. The molecule has 24 heavy (non-hydrogen) atoms. The molecular formula is C18H18N2O3S. The van der Waals surface area contributed by atoms with Crippen LogP contribution in [0.15, 0.2) is 65.7 Å². The van der Waals surface area contributed by atoms with Gasteiger partial charge in [0.2, 0.25) is 0 Å². The lowest BCUT2D eigenvalue weighted by atomic mass is 10.2. The lowest BCUT2D eigenvalue weighted by Crippen LogP contribution is -2.24. The molecule has 0 bridgehead atoms. The van der Waals surface area contributed by atoms with Gasteiger partial charge in [-0.15, -0.1) is 0 Å². The molecule has 0 unspecified atom stereocenters. The highest BCUT2D eigenvalue weighted by Gasteiger charge is 2.33. The largest absolute Gasteiger partial charge is 0.457 e. The fourth-order valence-corrected chi connectivity index (χ4v) is 3.61. The van der Waals surface area contributed by atoms with Crippen LogP contribution >= 0.6 is 0 Å². The average molecular weight is 342 g/mol. The minimum atomic E-state index is -1.31. The van der Waals surface area contributed by atoms with Gasteiger partial charge in [-0.3, -0.25) is 13.9 Å². The van der Waals surface area contributed by atoms with Crippen molar-refractivity contribution in [3.8, 4) is 11.5 Å². The van der Waals surface area contributed by atoms with Crippen molar-refractivity contribution >= 4 is 22.4 Å². The van der Waals surface area contributed by atoms with Gasteiger partial charge in [-0.25, -0.2) is 0 Å². The molecule has 1 atom stereocenters. The van der Waals surface area contributed by atoms with Gasteiger partial charge in [0.15, 0.2) is 0 Å². The highest BCUT2D eigenvalue weighted by atomic mass is 32.2. The molecule has 1 amide bonds. The van der Waals surface area contributed by atoms with Crippen LogP contribution in [0.2, 0.25) is 0 Å². The molecule has 1 heterocycles. The molecule has 2 aromatic rings. The van der Waals surface area contributed by atoms with E-state index < -0.39 is 10.8 Å². The fourth-order valence-electron chi connectivity index (χ4n) is 2.33. The Morgan fingerprint density at radius 1 is 1.04 bits per heavy atom. The highest BCUT2D eigenvalue weighted by Crippen LogP contribution is 2.28. The van der Waals surface area contributed by atoms with Gasteiger partial charge >= 0.3 is 0 Å². The molecule has 0 spiro atoms. The molecule has 0 saturated carbocycles. The molecule has 1 aliphatic rings. The van der Waals surface area contributed by atoms with Gasteiger partial charge in [0.25, 0.3) is 5.91 Å². The Kier molecular flexibility index (Phi) is 4.66. The summed E-state index contributed by atoms with van der Waals surface area (Å²) < 4.78 is 17.9. The van der Waals surface area contributed by atoms with Crippen molar-refractivity contribution < 1.29 is 13.7 Å². The quantitative estimate of drug-likeness (QED) is 0.802. The SMILES string of the molecule is CN(C)/C=C1\C(=O)N(c2ccc(Oc3ccccc3)cc2)C[S@@]1=O. The van der Waals surface area contributed by atoms with Crippen LogP contribution in [-0.4, -0.2) is 35.0 Å². The number of rotatable bonds is 4. The molecule has 0 aromatic heterocycles. The zero-order chi connectivity index (χ0) is 17.1. The third kappa shape index (κ3) is 3.49. The van der Waals surface area contributed by atoms with Gasteiger partial charge < -0.3 is 9.64 Å². The first-order valence-electron chi connectivity index (χ1n) is 7.46. The lowest BCUT2D eigenvalue weighted by molar-refractivity contribution is -0.114. The number of amides is 1. The Morgan fingerprint density at radius 3 is 2.29 bits per heavy atom. The van der Waals surface area contributed by atoms with Gasteiger partial charge in [-0.2, -0.15) is 0 Å². The van der Waals surface area contributed by atoms with Crippen LogP contribution in [0, 0.1) is 0 Å². The number of hydrogen-bond acceptors (Lipinski definition) is 4. The number of carbonyl (C=O) groups excluding carboxylic acids is 1. The van der Waals surface area contributed by atoms with E-state index in [0.717, 1.165) is 5.75 Å². The second-order valence-corrected chi connectivity index (χ2v) is 6.96. The van der Waals surface area contributed by atoms with Gasteiger partial charge in [0.05, 0.1) is 10.8 Å². The summed E-state index contributed by atoms with van der Waals surface area (Å²) >= 11 is 0. The minimum absolute atomic E-state index is 0.178. The first-order valence-corrected chi connectivity index (χ1v) is 8.78. The zero-order valence-electron chi connectivity index (χ0n) is 13.5. The van der Waals surface area contributed by atoms with Gasteiger partial charge in [0.1, 0.15) is 22.3 Å². The van der Waals surface area contributed by atoms with Crippen LogP contribution in [0.4, 0.5) is 5.69 Å². The Hall–Kier alpha value is -2.60. The maximum absolute atomic E-state index is 12.4. The molecule has 1 aliphatic heterocycles. The Morgan fingerprint density at radius 2 is 1.67 bits per heavy atom. The third-order valence-electron chi connectivity index (χ3n) is 3.45. The Labute approximate surface area is 143 Å². The van der Waals surface area contributed by atoms with E-state index in [4.69, 9.17) is 4.74 Å². The zero-order valence-corrected chi connectivity index (χ0v) is 14.3. The number of ether oxygens (including phenoxy) is 1. The van der Waals surface area contributed by atoms with Crippen molar-refractivity contribution in [2.45, 2.75) is 0 Å². The number of para-hydroxylation sites is 1. The Balaban J connectivity index is 1.77. The van der Waals surface area contributed by atoms with Crippen molar-refractivity contribution in [1.82, 2.24) is 4.90 Å². The summed E-state index contributed by atoms with van der Waals surface area (Å²) in [5, 5.41) is 0. The van der Waals surface area contributed by atoms with Gasteiger partial charge in [0, 0.05) is 26.0 Å². The topological polar surface area (TPSA) is 49.9 Å². The summed E-state index contributed by atoms with van der Waals surface area (Å²) in [6.45, 7) is 0. The fraction of sp³-hybridized carbons (Fsp3) is 0.167. The standard InChI is InChI=1S/C18H18N2O3S/c1-19(2)12-17-18(21)20(13-24(17)22)14-8-10-16(11-9-14)23-15-6-4-3-5-7-15/h3-12H,13H2,1-2H3/b17-12+/t24-/m0/s1. The molecule has 1 saturated heterocycles. The minimum Gasteiger partial charge on any atom is -0.457 e. The number of benzene rings is 2. The third-order valence-corrected chi connectivity index (χ3v) is 4.71. The van der Waals surface area contributed by atoms with Gasteiger partial charge in [-0.1, -0.05) is 18.2 Å². The molecule has 2 aromatic carbocycles. The van der Waals surface area contributed by atoms with E-state index in [9.17, 15) is 9.00 Å². The monoisotopic (exact) mass is 342 g/mol. The van der Waals surface area contributed by atoms with E-state index in [2.05, 4.69) is 0 Å². The summed E-state index contributed by atoms with van der Waals surface area (Å²) in [6, 6.07) is 16.7. The molecule has 0 radical (unpaired) electrons. The summed E-state index contributed by atoms with van der Waals surface area (Å²) in [6.07, 6.45) is 1.62. The molecule has 5 nitrogen and oxygen atoms in total. The van der Waals surface area contributed by atoms with E-state index in [0.29, 0.717) is 16.3 Å². The molecule has 0 N–H and O–H groups in total. The van der Waals surface area contributed by atoms with Crippen LogP contribution in [0.3, 0.4) is 0 Å². The molecule has 1 fully saturated rings. The van der Waals surface area contributed by atoms with Crippen molar-refractivity contribution in [3.05, 3.63) is 65.7 Å². The number of nitrogens with zero attached hydrogens (tertiary/aromatic N) is 2. The molecule has 6 heteroatoms. The second kappa shape index (κ2) is 6.88. The van der Waals surface area contributed by atoms with Crippen LogP contribution in [0.25, 0.3) is 0 Å². The second-order valence-electron chi connectivity index (χ2n) is 5.57. The summed E-state index contributed by atoms with van der Waals surface area (Å²) in [5.74, 6) is 1.39. The lowest BCUT2D eigenvalue weighted by Gasteiger charge is -2.15. The maximum Gasteiger partial charge on any atom is 0.269 e. The molecular weight excluding hydrogens is 324 g/mol. The van der Waals surface area contributed by atoms with E-state index in [1.807, 2.05) is 30.3 Å². The first kappa shape index (κ1) is 16.3. The van der Waals surface area contributed by atoms with E-state index in [1.165, 1.54) is 4.90 Å². The van der Waals surface area contributed by atoms with Crippen LogP contribution in [0.5, 0.6) is 11.5 Å². The van der Waals surface area contributed by atoms with Gasteiger partial charge in [-0.05, 0) is 36.4 Å². The molecule has 3 rings (SSSR count). The van der Waals surface area contributed by atoms with Crippen LogP contribution < -0.4 is 9.64 Å². The Bertz CT molecular complexity index is 786. The molecule has 124 valence electrons.